The lowest BCUT2D eigenvalue weighted by Gasteiger charge is -2.32. The van der Waals surface area contributed by atoms with Crippen LogP contribution in [0.4, 0.5) is 0 Å². The number of methoxy groups -OCH3 is 2. The van der Waals surface area contributed by atoms with Gasteiger partial charge in [-0.3, -0.25) is 9.59 Å². The normalized spacial score (nSPS) is 14.1. The van der Waals surface area contributed by atoms with Crippen LogP contribution in [0.5, 0.6) is 17.2 Å². The molecule has 0 saturated carbocycles. The highest BCUT2D eigenvalue weighted by atomic mass is 16.5. The minimum absolute atomic E-state index is 0.0372. The second kappa shape index (κ2) is 11.2. The summed E-state index contributed by atoms with van der Waals surface area (Å²) in [5.41, 5.74) is 0.494. The van der Waals surface area contributed by atoms with Gasteiger partial charge in [-0.15, -0.1) is 0 Å². The van der Waals surface area contributed by atoms with Crippen LogP contribution in [0, 0.1) is 0 Å². The number of likely N-dealkylation sites (tertiary alicyclic amines) is 1. The van der Waals surface area contributed by atoms with Gasteiger partial charge in [-0.05, 0) is 43.5 Å². The fraction of sp³-hybridized carbons (Fsp3) is 0.417. The van der Waals surface area contributed by atoms with Crippen molar-refractivity contribution < 1.29 is 23.8 Å². The van der Waals surface area contributed by atoms with Gasteiger partial charge in [0.15, 0.2) is 0 Å². The number of rotatable bonds is 9. The Labute approximate surface area is 183 Å². The molecule has 2 amide bonds. The Kier molecular flexibility index (Phi) is 8.15. The van der Waals surface area contributed by atoms with E-state index in [0.717, 1.165) is 18.6 Å². The molecule has 0 atom stereocenters. The number of nitrogens with one attached hydrogen (secondary N) is 1. The molecule has 0 bridgehead atoms. The number of ether oxygens (including phenoxy) is 3. The van der Waals surface area contributed by atoms with Gasteiger partial charge < -0.3 is 24.4 Å². The topological polar surface area (TPSA) is 77.1 Å². The van der Waals surface area contributed by atoms with Crippen LogP contribution in [0.25, 0.3) is 0 Å². The van der Waals surface area contributed by atoms with Crippen LogP contribution in [0.2, 0.25) is 0 Å². The largest absolute Gasteiger partial charge is 0.497 e. The molecule has 166 valence electrons. The molecule has 2 aromatic rings. The van der Waals surface area contributed by atoms with Gasteiger partial charge in [0.2, 0.25) is 5.91 Å². The lowest BCUT2D eigenvalue weighted by atomic mass is 10.0. The van der Waals surface area contributed by atoms with Gasteiger partial charge in [-0.2, -0.15) is 0 Å². The van der Waals surface area contributed by atoms with Crippen LogP contribution < -0.4 is 19.5 Å². The Bertz CT molecular complexity index is 841. The zero-order valence-corrected chi connectivity index (χ0v) is 18.1. The third kappa shape index (κ3) is 6.64. The Morgan fingerprint density at radius 2 is 1.61 bits per heavy atom. The predicted molar refractivity (Wildman–Crippen MR) is 118 cm³/mol. The molecule has 1 N–H and O–H groups in total. The quantitative estimate of drug-likeness (QED) is 0.623. The lowest BCUT2D eigenvalue weighted by molar-refractivity contribution is -0.132. The van der Waals surface area contributed by atoms with Gasteiger partial charge in [-0.1, -0.05) is 18.2 Å². The Morgan fingerprint density at radius 1 is 0.968 bits per heavy atom. The average molecular weight is 427 g/mol. The second-order valence-corrected chi connectivity index (χ2v) is 7.49. The molecule has 7 heteroatoms. The van der Waals surface area contributed by atoms with Crippen molar-refractivity contribution in [2.45, 2.75) is 31.7 Å². The van der Waals surface area contributed by atoms with Crippen molar-refractivity contribution in [3.63, 3.8) is 0 Å². The highest BCUT2D eigenvalue weighted by molar-refractivity contribution is 5.95. The van der Waals surface area contributed by atoms with E-state index in [9.17, 15) is 9.59 Å². The van der Waals surface area contributed by atoms with Crippen molar-refractivity contribution in [1.82, 2.24) is 10.2 Å². The molecule has 0 unspecified atom stereocenters. The molecule has 1 saturated heterocycles. The zero-order chi connectivity index (χ0) is 22.1. The van der Waals surface area contributed by atoms with E-state index in [1.807, 2.05) is 35.2 Å². The van der Waals surface area contributed by atoms with E-state index in [4.69, 9.17) is 14.2 Å². The fourth-order valence-electron chi connectivity index (χ4n) is 3.57. The number of amides is 2. The van der Waals surface area contributed by atoms with Gasteiger partial charge in [0.05, 0.1) is 20.8 Å². The number of piperidine rings is 1. The van der Waals surface area contributed by atoms with E-state index in [-0.39, 0.29) is 17.9 Å². The average Bonchev–Trinajstić information content (AvgIpc) is 2.82. The maximum atomic E-state index is 12.6. The number of carbonyl (C=O) groups excluding carboxylic acids is 2. The summed E-state index contributed by atoms with van der Waals surface area (Å²) in [5.74, 6) is 1.93. The molecule has 1 aliphatic rings. The van der Waals surface area contributed by atoms with Crippen molar-refractivity contribution in [2.24, 2.45) is 0 Å². The molecule has 1 aliphatic heterocycles. The first kappa shape index (κ1) is 22.5. The number of hydrogen-bond acceptors (Lipinski definition) is 5. The molecular formula is C24H30N2O5. The molecule has 0 aromatic heterocycles. The monoisotopic (exact) mass is 426 g/mol. The summed E-state index contributed by atoms with van der Waals surface area (Å²) in [6.07, 6.45) is 2.62. The Hall–Kier alpha value is -3.22. The summed E-state index contributed by atoms with van der Waals surface area (Å²) >= 11 is 0. The van der Waals surface area contributed by atoms with E-state index < -0.39 is 0 Å². The predicted octanol–water partition coefficient (Wildman–Crippen LogP) is 3.28. The van der Waals surface area contributed by atoms with Crippen LogP contribution in [-0.4, -0.2) is 56.7 Å². The van der Waals surface area contributed by atoms with Crippen LogP contribution in [0.15, 0.2) is 48.5 Å². The highest BCUT2D eigenvalue weighted by Crippen LogP contribution is 2.23. The Morgan fingerprint density at radius 3 is 2.23 bits per heavy atom. The van der Waals surface area contributed by atoms with E-state index >= 15 is 0 Å². The van der Waals surface area contributed by atoms with Gasteiger partial charge >= 0.3 is 0 Å². The lowest BCUT2D eigenvalue weighted by Crippen LogP contribution is -2.46. The van der Waals surface area contributed by atoms with E-state index in [2.05, 4.69) is 5.32 Å². The first-order valence-corrected chi connectivity index (χ1v) is 10.6. The van der Waals surface area contributed by atoms with Crippen molar-refractivity contribution in [2.75, 3.05) is 33.9 Å². The second-order valence-electron chi connectivity index (χ2n) is 7.49. The van der Waals surface area contributed by atoms with Crippen molar-refractivity contribution in [3.8, 4) is 17.2 Å². The highest BCUT2D eigenvalue weighted by Gasteiger charge is 2.24. The molecule has 1 heterocycles. The van der Waals surface area contributed by atoms with E-state index in [1.54, 1.807) is 32.4 Å². The van der Waals surface area contributed by atoms with Crippen LogP contribution >= 0.6 is 0 Å². The maximum Gasteiger partial charge on any atom is 0.251 e. The minimum atomic E-state index is -0.167. The molecule has 0 aliphatic carbocycles. The zero-order valence-electron chi connectivity index (χ0n) is 18.1. The molecule has 31 heavy (non-hydrogen) atoms. The number of nitrogens with zero attached hydrogens (tertiary/aromatic N) is 1. The van der Waals surface area contributed by atoms with Gasteiger partial charge in [0.1, 0.15) is 17.2 Å². The third-order valence-corrected chi connectivity index (χ3v) is 5.34. The standard InChI is InChI=1S/C24H30N2O5/c1-29-21-15-18(16-22(17-21)30-2)24(28)25-19-10-12-26(13-11-19)23(27)9-6-14-31-20-7-4-3-5-8-20/h3-5,7-8,15-17,19H,6,9-14H2,1-2H3,(H,25,28). The fourth-order valence-corrected chi connectivity index (χ4v) is 3.57. The summed E-state index contributed by atoms with van der Waals surface area (Å²) in [4.78, 5) is 27.0. The minimum Gasteiger partial charge on any atom is -0.497 e. The summed E-state index contributed by atoms with van der Waals surface area (Å²) in [6.45, 7) is 1.81. The molecule has 7 nitrogen and oxygen atoms in total. The molecule has 3 rings (SSSR count). The van der Waals surface area contributed by atoms with Crippen molar-refractivity contribution in [1.29, 1.82) is 0 Å². The van der Waals surface area contributed by atoms with Crippen molar-refractivity contribution >= 4 is 11.8 Å². The first-order valence-electron chi connectivity index (χ1n) is 10.6. The Balaban J connectivity index is 1.40. The van der Waals surface area contributed by atoms with Crippen LogP contribution in [0.3, 0.4) is 0 Å². The molecule has 0 radical (unpaired) electrons. The molecule has 2 aromatic carbocycles. The summed E-state index contributed by atoms with van der Waals surface area (Å²) in [6, 6.07) is 14.7. The van der Waals surface area contributed by atoms with Gasteiger partial charge in [0, 0.05) is 37.2 Å². The summed E-state index contributed by atoms with van der Waals surface area (Å²) in [5, 5.41) is 3.06. The van der Waals surface area contributed by atoms with E-state index in [1.165, 1.54) is 0 Å². The smallest absolute Gasteiger partial charge is 0.251 e. The third-order valence-electron chi connectivity index (χ3n) is 5.34. The number of hydrogen-bond donors (Lipinski definition) is 1. The van der Waals surface area contributed by atoms with Crippen molar-refractivity contribution in [3.05, 3.63) is 54.1 Å². The molecular weight excluding hydrogens is 396 g/mol. The number of carbonyl (C=O) groups is 2. The SMILES string of the molecule is COc1cc(OC)cc(C(=O)NC2CCN(C(=O)CCCOc3ccccc3)CC2)c1. The summed E-state index contributed by atoms with van der Waals surface area (Å²) in [7, 11) is 3.11. The number of benzene rings is 2. The molecule has 0 spiro atoms. The summed E-state index contributed by atoms with van der Waals surface area (Å²) < 4.78 is 16.1. The maximum absolute atomic E-state index is 12.6. The number of para-hydroxylation sites is 1. The first-order chi connectivity index (χ1) is 15.1. The van der Waals surface area contributed by atoms with Crippen LogP contribution in [-0.2, 0) is 4.79 Å². The van der Waals surface area contributed by atoms with Crippen LogP contribution in [0.1, 0.15) is 36.0 Å². The van der Waals surface area contributed by atoms with Gasteiger partial charge in [0.25, 0.3) is 5.91 Å². The molecule has 1 fully saturated rings. The van der Waals surface area contributed by atoms with Gasteiger partial charge in [-0.25, -0.2) is 0 Å². The van der Waals surface area contributed by atoms with E-state index in [0.29, 0.717) is 49.6 Å².